The van der Waals surface area contributed by atoms with Crippen LogP contribution in [0.1, 0.15) is 12.6 Å². The van der Waals surface area contributed by atoms with Crippen LogP contribution in [0.3, 0.4) is 0 Å². The molecule has 6 heteroatoms. The van der Waals surface area contributed by atoms with Gasteiger partial charge in [-0.15, -0.1) is 0 Å². The fraction of sp³-hybridized carbons (Fsp3) is 0.615. The summed E-state index contributed by atoms with van der Waals surface area (Å²) >= 11 is 0. The molecule has 1 N–H and O–H groups in total. The third-order valence-corrected chi connectivity index (χ3v) is 4.25. The molecule has 0 bridgehead atoms. The van der Waals surface area contributed by atoms with Crippen LogP contribution in [0, 0.1) is 11.8 Å². The lowest BCUT2D eigenvalue weighted by molar-refractivity contribution is -0.141. The van der Waals surface area contributed by atoms with E-state index in [9.17, 15) is 13.2 Å². The van der Waals surface area contributed by atoms with Crippen molar-refractivity contribution in [2.75, 3.05) is 24.5 Å². The maximum atomic E-state index is 12.7. The molecule has 3 unspecified atom stereocenters. The minimum atomic E-state index is -4.38. The second-order valence-corrected chi connectivity index (χ2v) is 5.35. The van der Waals surface area contributed by atoms with Gasteiger partial charge in [-0.2, -0.15) is 13.2 Å². The van der Waals surface area contributed by atoms with Crippen LogP contribution in [-0.4, -0.2) is 30.7 Å². The van der Waals surface area contributed by atoms with E-state index in [1.54, 1.807) is 6.07 Å². The molecule has 0 radical (unpaired) electrons. The van der Waals surface area contributed by atoms with Crippen LogP contribution in [0.5, 0.6) is 0 Å². The van der Waals surface area contributed by atoms with Crippen molar-refractivity contribution in [3.63, 3.8) is 0 Å². The molecule has 19 heavy (non-hydrogen) atoms. The molecule has 1 aromatic rings. The van der Waals surface area contributed by atoms with Gasteiger partial charge in [-0.3, -0.25) is 0 Å². The first-order valence-electron chi connectivity index (χ1n) is 6.48. The Bertz CT molecular complexity index is 474. The van der Waals surface area contributed by atoms with E-state index in [2.05, 4.69) is 17.2 Å². The molecule has 3 heterocycles. The summed E-state index contributed by atoms with van der Waals surface area (Å²) in [4.78, 5) is 5.79. The molecule has 0 saturated carbocycles. The van der Waals surface area contributed by atoms with Crippen molar-refractivity contribution in [1.29, 1.82) is 0 Å². The highest BCUT2D eigenvalue weighted by Gasteiger charge is 2.42. The molecule has 0 aromatic carbocycles. The summed E-state index contributed by atoms with van der Waals surface area (Å²) < 4.78 is 38.1. The topological polar surface area (TPSA) is 28.2 Å². The first-order chi connectivity index (χ1) is 8.97. The highest BCUT2D eigenvalue weighted by atomic mass is 19.4. The highest BCUT2D eigenvalue weighted by Crippen LogP contribution is 2.36. The maximum absolute atomic E-state index is 12.7. The summed E-state index contributed by atoms with van der Waals surface area (Å²) in [7, 11) is 0. The van der Waals surface area contributed by atoms with Gasteiger partial charge in [0.05, 0.1) is 0 Å². The minimum Gasteiger partial charge on any atom is -0.353 e. The average molecular weight is 271 g/mol. The molecule has 0 spiro atoms. The quantitative estimate of drug-likeness (QED) is 0.848. The molecule has 2 saturated heterocycles. The number of nitrogens with zero attached hydrogens (tertiary/aromatic N) is 2. The summed E-state index contributed by atoms with van der Waals surface area (Å²) in [6.45, 7) is 4.75. The van der Waals surface area contributed by atoms with Crippen LogP contribution in [0.25, 0.3) is 0 Å². The standard InChI is InChI=1S/C13H16F3N3/c1-8-10-6-17-5-9(10)7-19(8)12-4-2-3-11(18-12)13(14,15)16/h2-4,8-10,17H,5-7H2,1H3. The number of nitrogens with one attached hydrogen (secondary N) is 1. The largest absolute Gasteiger partial charge is 0.433 e. The van der Waals surface area contributed by atoms with Crippen LogP contribution in [-0.2, 0) is 6.18 Å². The summed E-state index contributed by atoms with van der Waals surface area (Å²) in [5.41, 5.74) is -0.813. The Morgan fingerprint density at radius 3 is 2.79 bits per heavy atom. The molecule has 2 aliphatic heterocycles. The van der Waals surface area contributed by atoms with Crippen molar-refractivity contribution in [3.8, 4) is 0 Å². The van der Waals surface area contributed by atoms with E-state index >= 15 is 0 Å². The van der Waals surface area contributed by atoms with Crippen LogP contribution in [0.2, 0.25) is 0 Å². The van der Waals surface area contributed by atoms with E-state index in [1.807, 2.05) is 4.90 Å². The van der Waals surface area contributed by atoms with E-state index in [-0.39, 0.29) is 6.04 Å². The first kappa shape index (κ1) is 12.7. The zero-order valence-electron chi connectivity index (χ0n) is 10.6. The lowest BCUT2D eigenvalue weighted by atomic mass is 9.95. The maximum Gasteiger partial charge on any atom is 0.433 e. The number of halogens is 3. The smallest absolute Gasteiger partial charge is 0.353 e. The number of hydrogen-bond acceptors (Lipinski definition) is 3. The molecule has 3 nitrogen and oxygen atoms in total. The van der Waals surface area contributed by atoms with E-state index in [0.717, 1.165) is 25.7 Å². The number of aromatic nitrogens is 1. The zero-order valence-corrected chi connectivity index (χ0v) is 10.6. The Morgan fingerprint density at radius 1 is 1.32 bits per heavy atom. The summed E-state index contributed by atoms with van der Waals surface area (Å²) in [5.74, 6) is 1.47. The molecule has 1 aromatic heterocycles. The number of pyridine rings is 1. The fourth-order valence-corrected chi connectivity index (χ4v) is 3.21. The number of alkyl halides is 3. The summed E-state index contributed by atoms with van der Waals surface area (Å²) in [5, 5.41) is 3.34. The zero-order chi connectivity index (χ0) is 13.6. The van der Waals surface area contributed by atoms with Crippen LogP contribution < -0.4 is 10.2 Å². The Labute approximate surface area is 109 Å². The van der Waals surface area contributed by atoms with Crippen LogP contribution in [0.4, 0.5) is 19.0 Å². The highest BCUT2D eigenvalue weighted by molar-refractivity contribution is 5.43. The molecule has 0 amide bonds. The van der Waals surface area contributed by atoms with Gasteiger partial charge >= 0.3 is 6.18 Å². The van der Waals surface area contributed by atoms with Crippen LogP contribution >= 0.6 is 0 Å². The van der Waals surface area contributed by atoms with Crippen molar-refractivity contribution >= 4 is 5.82 Å². The average Bonchev–Trinajstić information content (AvgIpc) is 2.92. The normalized spacial score (nSPS) is 30.7. The van der Waals surface area contributed by atoms with Crippen molar-refractivity contribution in [1.82, 2.24) is 10.3 Å². The second-order valence-electron chi connectivity index (χ2n) is 5.35. The molecule has 3 rings (SSSR count). The molecular weight excluding hydrogens is 255 g/mol. The lowest BCUT2D eigenvalue weighted by Gasteiger charge is -2.26. The summed E-state index contributed by atoms with van der Waals surface area (Å²) in [6, 6.07) is 4.35. The van der Waals surface area contributed by atoms with Gasteiger partial charge in [0.2, 0.25) is 0 Å². The lowest BCUT2D eigenvalue weighted by Crippen LogP contribution is -2.34. The molecule has 104 valence electrons. The van der Waals surface area contributed by atoms with E-state index < -0.39 is 11.9 Å². The Kier molecular flexibility index (Phi) is 2.92. The number of anilines is 1. The van der Waals surface area contributed by atoms with Gasteiger partial charge in [0.1, 0.15) is 11.5 Å². The number of rotatable bonds is 1. The SMILES string of the molecule is CC1C2CNCC2CN1c1cccc(C(F)(F)F)n1. The minimum absolute atomic E-state index is 0.232. The predicted octanol–water partition coefficient (Wildman–Crippen LogP) is 2.14. The van der Waals surface area contributed by atoms with E-state index in [0.29, 0.717) is 17.7 Å². The monoisotopic (exact) mass is 271 g/mol. The van der Waals surface area contributed by atoms with Gasteiger partial charge < -0.3 is 10.2 Å². The molecular formula is C13H16F3N3. The van der Waals surface area contributed by atoms with E-state index in [4.69, 9.17) is 0 Å². The molecule has 2 fully saturated rings. The predicted molar refractivity (Wildman–Crippen MR) is 65.9 cm³/mol. The fourth-order valence-electron chi connectivity index (χ4n) is 3.21. The van der Waals surface area contributed by atoms with Gasteiger partial charge in [-0.05, 0) is 30.9 Å². The van der Waals surface area contributed by atoms with Gasteiger partial charge in [0.25, 0.3) is 0 Å². The van der Waals surface area contributed by atoms with Crippen molar-refractivity contribution in [2.45, 2.75) is 19.1 Å². The van der Waals surface area contributed by atoms with Gasteiger partial charge in [-0.25, -0.2) is 4.98 Å². The Hall–Kier alpha value is -1.30. The Morgan fingerprint density at radius 2 is 2.11 bits per heavy atom. The van der Waals surface area contributed by atoms with Gasteiger partial charge in [0.15, 0.2) is 0 Å². The van der Waals surface area contributed by atoms with Crippen molar-refractivity contribution in [2.24, 2.45) is 11.8 Å². The summed E-state index contributed by atoms with van der Waals surface area (Å²) in [6.07, 6.45) is -4.38. The second kappa shape index (κ2) is 4.37. The third kappa shape index (κ3) is 2.18. The first-order valence-corrected chi connectivity index (χ1v) is 6.48. The molecule has 3 atom stereocenters. The van der Waals surface area contributed by atoms with E-state index in [1.165, 1.54) is 6.07 Å². The van der Waals surface area contributed by atoms with Crippen LogP contribution in [0.15, 0.2) is 18.2 Å². The van der Waals surface area contributed by atoms with Gasteiger partial charge in [0, 0.05) is 25.7 Å². The van der Waals surface area contributed by atoms with Crippen molar-refractivity contribution < 1.29 is 13.2 Å². The third-order valence-electron chi connectivity index (χ3n) is 4.25. The molecule has 2 aliphatic rings. The number of hydrogen-bond donors (Lipinski definition) is 1. The van der Waals surface area contributed by atoms with Crippen molar-refractivity contribution in [3.05, 3.63) is 23.9 Å². The Balaban J connectivity index is 1.87. The number of fused-ring (bicyclic) bond motifs is 1. The van der Waals surface area contributed by atoms with Gasteiger partial charge in [-0.1, -0.05) is 6.07 Å². The molecule has 0 aliphatic carbocycles.